The lowest BCUT2D eigenvalue weighted by molar-refractivity contribution is 0.666. The second kappa shape index (κ2) is 15.9. The van der Waals surface area contributed by atoms with E-state index in [9.17, 15) is 5.26 Å². The van der Waals surface area contributed by atoms with Crippen LogP contribution >= 0.6 is 0 Å². The maximum atomic E-state index is 12.0. The lowest BCUT2D eigenvalue weighted by atomic mass is 9.69. The van der Waals surface area contributed by atoms with Crippen LogP contribution in [-0.2, 0) is 5.41 Å². The summed E-state index contributed by atoms with van der Waals surface area (Å²) < 4.78 is 12.1. The number of aromatic nitrogens is 5. The van der Waals surface area contributed by atoms with E-state index in [1.54, 1.807) is 0 Å². The number of fused-ring (bicyclic) bond motifs is 22. The van der Waals surface area contributed by atoms with Gasteiger partial charge in [0.2, 0.25) is 0 Å². The Balaban J connectivity index is 1.10. The average Bonchev–Trinajstić information content (AvgIpc) is 4.49. The maximum absolute atomic E-state index is 12.0. The molecule has 0 amide bonds. The first-order valence-corrected chi connectivity index (χ1v) is 26.3. The van der Waals surface area contributed by atoms with Crippen LogP contribution in [-0.4, -0.2) is 24.1 Å². The molecular weight excluding hydrogens is 953 g/mol. The van der Waals surface area contributed by atoms with E-state index in [-0.39, 0.29) is 0 Å². The summed E-state index contributed by atoms with van der Waals surface area (Å²) in [6.07, 6.45) is 0. The van der Waals surface area contributed by atoms with Crippen molar-refractivity contribution in [1.82, 2.24) is 24.1 Å². The zero-order valence-corrected chi connectivity index (χ0v) is 41.7. The molecule has 15 aromatic rings. The van der Waals surface area contributed by atoms with E-state index in [0.29, 0.717) is 45.5 Å². The molecule has 0 bridgehead atoms. The van der Waals surface area contributed by atoms with Gasteiger partial charge < -0.3 is 13.6 Å². The van der Waals surface area contributed by atoms with Gasteiger partial charge in [-0.05, 0) is 75.3 Å². The van der Waals surface area contributed by atoms with E-state index in [0.717, 1.165) is 71.6 Å². The minimum Gasteiger partial charge on any atom is -0.454 e. The molecule has 0 fully saturated rings. The Morgan fingerprint density at radius 2 is 0.897 bits per heavy atom. The minimum atomic E-state index is -0.722. The molecule has 360 valence electrons. The van der Waals surface area contributed by atoms with Gasteiger partial charge in [-0.1, -0.05) is 206 Å². The van der Waals surface area contributed by atoms with Crippen LogP contribution in [0.4, 0.5) is 0 Å². The molecule has 0 saturated heterocycles. The molecular formula is C71H40N6O. The van der Waals surface area contributed by atoms with Crippen LogP contribution < -0.4 is 0 Å². The van der Waals surface area contributed by atoms with Gasteiger partial charge in [0.25, 0.3) is 0 Å². The molecule has 4 aromatic heterocycles. The van der Waals surface area contributed by atoms with E-state index in [4.69, 9.17) is 19.4 Å². The van der Waals surface area contributed by atoms with E-state index in [2.05, 4.69) is 173 Å². The van der Waals surface area contributed by atoms with Crippen molar-refractivity contribution in [2.75, 3.05) is 0 Å². The zero-order chi connectivity index (χ0) is 51.2. The Morgan fingerprint density at radius 1 is 0.410 bits per heavy atom. The van der Waals surface area contributed by atoms with Crippen molar-refractivity contribution >= 4 is 65.6 Å². The predicted molar refractivity (Wildman–Crippen MR) is 313 cm³/mol. The SMILES string of the molecule is N#Cc1cc(-c2nc(-c3ccccc3)nc(-c3ccccc3)n2)c2c(oc3ccccc32)c1-n1c2ccccc2c2c1c1c(c3c4ccccc4n(-c4ccccc4)c32)C2(c3ccccc3-c3ccccc32)c2ccccc2-1. The normalized spacial score (nSPS) is 13.0. The Labute approximate surface area is 446 Å². The summed E-state index contributed by atoms with van der Waals surface area (Å²) >= 11 is 0. The Kier molecular flexibility index (Phi) is 8.71. The third kappa shape index (κ3) is 5.52. The van der Waals surface area contributed by atoms with Crippen LogP contribution in [0.1, 0.15) is 27.8 Å². The molecule has 0 saturated carbocycles. The molecule has 78 heavy (non-hydrogen) atoms. The first kappa shape index (κ1) is 42.7. The summed E-state index contributed by atoms with van der Waals surface area (Å²) in [5, 5.41) is 18.2. The molecule has 4 heterocycles. The highest BCUT2D eigenvalue weighted by atomic mass is 16.3. The van der Waals surface area contributed by atoms with E-state index >= 15 is 0 Å². The molecule has 0 aliphatic heterocycles. The topological polar surface area (TPSA) is 85.5 Å². The van der Waals surface area contributed by atoms with Crippen molar-refractivity contribution < 1.29 is 4.42 Å². The molecule has 7 heteroatoms. The van der Waals surface area contributed by atoms with E-state index < -0.39 is 5.41 Å². The van der Waals surface area contributed by atoms with Crippen LogP contribution in [0.3, 0.4) is 0 Å². The van der Waals surface area contributed by atoms with Crippen LogP contribution in [0.5, 0.6) is 0 Å². The summed E-state index contributed by atoms with van der Waals surface area (Å²) in [6, 6.07) is 88.3. The van der Waals surface area contributed by atoms with Gasteiger partial charge in [0.1, 0.15) is 17.3 Å². The van der Waals surface area contributed by atoms with Gasteiger partial charge in [0, 0.05) is 60.3 Å². The number of hydrogen-bond donors (Lipinski definition) is 0. The molecule has 1 spiro atoms. The van der Waals surface area contributed by atoms with Crippen molar-refractivity contribution in [1.29, 1.82) is 5.26 Å². The highest BCUT2D eigenvalue weighted by molar-refractivity contribution is 6.33. The van der Waals surface area contributed by atoms with Crippen LogP contribution in [0.15, 0.2) is 247 Å². The van der Waals surface area contributed by atoms with Gasteiger partial charge in [-0.2, -0.15) is 5.26 Å². The third-order valence-corrected chi connectivity index (χ3v) is 16.6. The number of furan rings is 1. The monoisotopic (exact) mass is 992 g/mol. The predicted octanol–water partition coefficient (Wildman–Crippen LogP) is 17.2. The molecule has 0 unspecified atom stereocenters. The molecule has 17 rings (SSSR count). The lowest BCUT2D eigenvalue weighted by Crippen LogP contribution is -2.26. The van der Waals surface area contributed by atoms with E-state index in [1.165, 1.54) is 44.2 Å². The highest BCUT2D eigenvalue weighted by Crippen LogP contribution is 2.67. The Bertz CT molecular complexity index is 5000. The molecule has 0 atom stereocenters. The summed E-state index contributed by atoms with van der Waals surface area (Å²) in [6.45, 7) is 0. The largest absolute Gasteiger partial charge is 0.454 e. The quantitative estimate of drug-likeness (QED) is 0.171. The summed E-state index contributed by atoms with van der Waals surface area (Å²) in [4.78, 5) is 15.6. The third-order valence-electron chi connectivity index (χ3n) is 16.6. The summed E-state index contributed by atoms with van der Waals surface area (Å²) in [5.74, 6) is 1.50. The standard InChI is InChI=1S/C71H40N6O/c72-41-44-40-52(70-74-68(42-22-4-1-5-23-42)73-69(75-70)43-24-6-2-7-25-43)59-51-33-15-21-39-58(51)78-67(59)64(44)77-57-38-20-14-32-50(57)62-65-61(49-31-13-19-37-56(49)76(65)45-26-8-3-9-27-45)63-60(66(62)77)48-30-12-18-36-55(48)71(63)53-34-16-10-28-46(53)47-29-11-17-35-54(47)71/h1-40H. The zero-order valence-electron chi connectivity index (χ0n) is 41.7. The first-order chi connectivity index (χ1) is 38.7. The molecule has 11 aromatic carbocycles. The molecule has 7 nitrogen and oxygen atoms in total. The van der Waals surface area contributed by atoms with Crippen molar-refractivity contribution in [3.8, 4) is 73.9 Å². The molecule has 0 radical (unpaired) electrons. The smallest absolute Gasteiger partial charge is 0.164 e. The van der Waals surface area contributed by atoms with Gasteiger partial charge >= 0.3 is 0 Å². The number of nitriles is 1. The first-order valence-electron chi connectivity index (χ1n) is 26.3. The van der Waals surface area contributed by atoms with Gasteiger partial charge in [0.05, 0.1) is 33.0 Å². The van der Waals surface area contributed by atoms with Crippen molar-refractivity contribution in [3.05, 3.63) is 270 Å². The fourth-order valence-corrected chi connectivity index (χ4v) is 13.7. The highest BCUT2D eigenvalue weighted by Gasteiger charge is 2.54. The summed E-state index contributed by atoms with van der Waals surface area (Å²) in [5.41, 5.74) is 18.9. The minimum absolute atomic E-state index is 0.414. The van der Waals surface area contributed by atoms with Gasteiger partial charge in [-0.25, -0.2) is 15.0 Å². The van der Waals surface area contributed by atoms with Crippen LogP contribution in [0.25, 0.3) is 133 Å². The van der Waals surface area contributed by atoms with Gasteiger partial charge in [-0.3, -0.25) is 0 Å². The molecule has 0 N–H and O–H groups in total. The fourth-order valence-electron chi connectivity index (χ4n) is 13.7. The van der Waals surface area contributed by atoms with Gasteiger partial charge in [-0.15, -0.1) is 0 Å². The number of benzene rings is 11. The van der Waals surface area contributed by atoms with Crippen molar-refractivity contribution in [3.63, 3.8) is 0 Å². The van der Waals surface area contributed by atoms with Crippen molar-refractivity contribution in [2.24, 2.45) is 0 Å². The van der Waals surface area contributed by atoms with Crippen LogP contribution in [0, 0.1) is 11.3 Å². The number of rotatable bonds is 5. The second-order valence-electron chi connectivity index (χ2n) is 20.4. The molecule has 2 aliphatic carbocycles. The van der Waals surface area contributed by atoms with Gasteiger partial charge in [0.15, 0.2) is 23.1 Å². The maximum Gasteiger partial charge on any atom is 0.164 e. The fraction of sp³-hybridized carbons (Fsp3) is 0.0141. The summed E-state index contributed by atoms with van der Waals surface area (Å²) in [7, 11) is 0. The Morgan fingerprint density at radius 3 is 1.53 bits per heavy atom. The molecule has 2 aliphatic rings. The number of para-hydroxylation sites is 4. The Hall–Kier alpha value is -10.7. The second-order valence-corrected chi connectivity index (χ2v) is 20.4. The number of nitrogens with zero attached hydrogens (tertiary/aromatic N) is 6. The van der Waals surface area contributed by atoms with Crippen molar-refractivity contribution in [2.45, 2.75) is 5.41 Å². The number of hydrogen-bond acceptors (Lipinski definition) is 5. The van der Waals surface area contributed by atoms with E-state index in [1.807, 2.05) is 84.9 Å². The van der Waals surface area contributed by atoms with Crippen LogP contribution in [0.2, 0.25) is 0 Å². The lowest BCUT2D eigenvalue weighted by Gasteiger charge is -2.31. The average molecular weight is 993 g/mol.